The largest absolute Gasteiger partial charge is 0.368 e. The third-order valence-corrected chi connectivity index (χ3v) is 3.23. The van der Waals surface area contributed by atoms with Gasteiger partial charge in [0.1, 0.15) is 5.54 Å². The standard InChI is InChI=1S/C12H13N3O2S/c13-10(17)12(6-7-12)14-11(18)15(8-16)9-4-2-1-3-5-9/h1-5,8H,6-7H2,(H2,13,17)(H,14,18). The lowest BCUT2D eigenvalue weighted by molar-refractivity contribution is -0.120. The van der Waals surface area contributed by atoms with Gasteiger partial charge in [0.05, 0.1) is 5.69 Å². The number of anilines is 1. The molecule has 0 spiro atoms. The van der Waals surface area contributed by atoms with Gasteiger partial charge in [-0.15, -0.1) is 0 Å². The Bertz CT molecular complexity index is 485. The van der Waals surface area contributed by atoms with E-state index in [1.165, 1.54) is 4.90 Å². The number of rotatable bonds is 4. The number of para-hydroxylation sites is 1. The third kappa shape index (κ3) is 2.33. The van der Waals surface area contributed by atoms with Gasteiger partial charge >= 0.3 is 0 Å². The van der Waals surface area contributed by atoms with Crippen LogP contribution in [0.3, 0.4) is 0 Å². The van der Waals surface area contributed by atoms with E-state index < -0.39 is 11.4 Å². The molecule has 94 valence electrons. The Kier molecular flexibility index (Phi) is 3.29. The maximum Gasteiger partial charge on any atom is 0.243 e. The number of primary amides is 1. The molecule has 1 aromatic rings. The van der Waals surface area contributed by atoms with Crippen molar-refractivity contribution in [2.24, 2.45) is 5.73 Å². The summed E-state index contributed by atoms with van der Waals surface area (Å²) in [4.78, 5) is 23.6. The number of carbonyl (C=O) groups is 2. The highest BCUT2D eigenvalue weighted by atomic mass is 32.1. The van der Waals surface area contributed by atoms with Gasteiger partial charge in [-0.05, 0) is 37.2 Å². The van der Waals surface area contributed by atoms with Crippen molar-refractivity contribution >= 4 is 35.3 Å². The molecule has 0 unspecified atom stereocenters. The van der Waals surface area contributed by atoms with E-state index in [0.29, 0.717) is 24.9 Å². The second-order valence-electron chi connectivity index (χ2n) is 4.19. The molecule has 2 amide bonds. The fourth-order valence-electron chi connectivity index (χ4n) is 1.64. The fraction of sp³-hybridized carbons (Fsp3) is 0.250. The van der Waals surface area contributed by atoms with E-state index in [9.17, 15) is 9.59 Å². The highest BCUT2D eigenvalue weighted by Gasteiger charge is 2.49. The van der Waals surface area contributed by atoms with Gasteiger partial charge in [-0.1, -0.05) is 18.2 Å². The van der Waals surface area contributed by atoms with E-state index >= 15 is 0 Å². The lowest BCUT2D eigenvalue weighted by atomic mass is 10.2. The van der Waals surface area contributed by atoms with Crippen LogP contribution in [0.25, 0.3) is 0 Å². The van der Waals surface area contributed by atoms with Crippen molar-refractivity contribution < 1.29 is 9.59 Å². The van der Waals surface area contributed by atoms with Crippen LogP contribution in [-0.4, -0.2) is 23.0 Å². The number of thiocarbonyl (C=S) groups is 1. The molecule has 5 nitrogen and oxygen atoms in total. The first-order chi connectivity index (χ1) is 8.59. The van der Waals surface area contributed by atoms with Crippen molar-refractivity contribution in [2.45, 2.75) is 18.4 Å². The highest BCUT2D eigenvalue weighted by molar-refractivity contribution is 7.80. The fourth-order valence-corrected chi connectivity index (χ4v) is 1.98. The summed E-state index contributed by atoms with van der Waals surface area (Å²) in [6.45, 7) is 0. The van der Waals surface area contributed by atoms with E-state index in [1.54, 1.807) is 24.3 Å². The number of nitrogens with two attached hydrogens (primary N) is 1. The number of amides is 2. The molecule has 0 aromatic heterocycles. The van der Waals surface area contributed by atoms with Crippen LogP contribution in [0.15, 0.2) is 30.3 Å². The Hall–Kier alpha value is -1.95. The number of nitrogens with one attached hydrogen (secondary N) is 1. The predicted molar refractivity (Wildman–Crippen MR) is 71.9 cm³/mol. The molecule has 1 fully saturated rings. The molecule has 0 saturated heterocycles. The van der Waals surface area contributed by atoms with Gasteiger partial charge in [-0.3, -0.25) is 14.5 Å². The Labute approximate surface area is 110 Å². The third-order valence-electron chi connectivity index (χ3n) is 2.93. The molecule has 0 atom stereocenters. The number of carbonyl (C=O) groups excluding carboxylic acids is 2. The molecular formula is C12H13N3O2S. The average Bonchev–Trinajstić information content (AvgIpc) is 3.12. The molecule has 2 rings (SSSR count). The van der Waals surface area contributed by atoms with Crippen LogP contribution in [-0.2, 0) is 9.59 Å². The first-order valence-electron chi connectivity index (χ1n) is 5.51. The van der Waals surface area contributed by atoms with Crippen LogP contribution >= 0.6 is 12.2 Å². The molecule has 0 bridgehead atoms. The van der Waals surface area contributed by atoms with Gasteiger partial charge in [0, 0.05) is 0 Å². The van der Waals surface area contributed by atoms with Crippen molar-refractivity contribution in [3.05, 3.63) is 30.3 Å². The maximum atomic E-state index is 11.3. The number of benzene rings is 1. The minimum atomic E-state index is -0.771. The first kappa shape index (κ1) is 12.5. The maximum absolute atomic E-state index is 11.3. The van der Waals surface area contributed by atoms with Crippen molar-refractivity contribution in [1.29, 1.82) is 0 Å². The van der Waals surface area contributed by atoms with Crippen molar-refractivity contribution in [3.63, 3.8) is 0 Å². The van der Waals surface area contributed by atoms with Crippen LogP contribution in [0.5, 0.6) is 0 Å². The molecule has 0 aliphatic heterocycles. The molecule has 1 saturated carbocycles. The van der Waals surface area contributed by atoms with E-state index in [1.807, 2.05) is 6.07 Å². The molecule has 0 radical (unpaired) electrons. The zero-order valence-corrected chi connectivity index (χ0v) is 10.4. The second-order valence-corrected chi connectivity index (χ2v) is 4.57. The summed E-state index contributed by atoms with van der Waals surface area (Å²) in [5, 5.41) is 3.06. The summed E-state index contributed by atoms with van der Waals surface area (Å²) in [6, 6.07) is 8.96. The summed E-state index contributed by atoms with van der Waals surface area (Å²) in [5.74, 6) is -0.441. The normalized spacial score (nSPS) is 15.6. The molecule has 1 aliphatic rings. The van der Waals surface area contributed by atoms with Crippen LogP contribution in [0.2, 0.25) is 0 Å². The Morgan fingerprint density at radius 2 is 2.00 bits per heavy atom. The summed E-state index contributed by atoms with van der Waals surface area (Å²) in [7, 11) is 0. The zero-order valence-electron chi connectivity index (χ0n) is 9.63. The molecule has 3 N–H and O–H groups in total. The molecule has 18 heavy (non-hydrogen) atoms. The lowest BCUT2D eigenvalue weighted by Crippen LogP contribution is -2.51. The SMILES string of the molecule is NC(=O)C1(NC(=S)N(C=O)c2ccccc2)CC1. The van der Waals surface area contributed by atoms with Crippen LogP contribution in [0.1, 0.15) is 12.8 Å². The summed E-state index contributed by atoms with van der Waals surface area (Å²) >= 11 is 5.14. The van der Waals surface area contributed by atoms with Gasteiger partial charge in [-0.2, -0.15) is 0 Å². The Morgan fingerprint density at radius 1 is 1.39 bits per heavy atom. The minimum Gasteiger partial charge on any atom is -0.368 e. The summed E-state index contributed by atoms with van der Waals surface area (Å²) in [6.07, 6.45) is 1.90. The molecule has 1 aliphatic carbocycles. The first-order valence-corrected chi connectivity index (χ1v) is 5.91. The van der Waals surface area contributed by atoms with Crippen molar-refractivity contribution in [3.8, 4) is 0 Å². The van der Waals surface area contributed by atoms with Crippen molar-refractivity contribution in [1.82, 2.24) is 5.32 Å². The van der Waals surface area contributed by atoms with Gasteiger partial charge < -0.3 is 11.1 Å². The van der Waals surface area contributed by atoms with Crippen LogP contribution in [0.4, 0.5) is 5.69 Å². The van der Waals surface area contributed by atoms with E-state index in [-0.39, 0.29) is 5.11 Å². The van der Waals surface area contributed by atoms with Gasteiger partial charge in [0.15, 0.2) is 5.11 Å². The number of hydrogen-bond acceptors (Lipinski definition) is 3. The molecular weight excluding hydrogens is 250 g/mol. The van der Waals surface area contributed by atoms with Crippen molar-refractivity contribution in [2.75, 3.05) is 4.90 Å². The zero-order chi connectivity index (χ0) is 13.2. The van der Waals surface area contributed by atoms with Gasteiger partial charge in [0.2, 0.25) is 12.3 Å². The second kappa shape index (κ2) is 4.73. The van der Waals surface area contributed by atoms with E-state index in [2.05, 4.69) is 5.32 Å². The summed E-state index contributed by atoms with van der Waals surface area (Å²) in [5.41, 5.74) is 5.17. The lowest BCUT2D eigenvalue weighted by Gasteiger charge is -2.23. The van der Waals surface area contributed by atoms with Gasteiger partial charge in [-0.25, -0.2) is 0 Å². The topological polar surface area (TPSA) is 75.4 Å². The van der Waals surface area contributed by atoms with Gasteiger partial charge in [0.25, 0.3) is 0 Å². The Balaban J connectivity index is 2.12. The predicted octanol–water partition coefficient (Wildman–Crippen LogP) is 0.542. The smallest absolute Gasteiger partial charge is 0.243 e. The van der Waals surface area contributed by atoms with E-state index in [0.717, 1.165) is 0 Å². The number of hydrogen-bond donors (Lipinski definition) is 2. The average molecular weight is 263 g/mol. The molecule has 6 heteroatoms. The Morgan fingerprint density at radius 3 is 2.44 bits per heavy atom. The number of nitrogens with zero attached hydrogens (tertiary/aromatic N) is 1. The highest BCUT2D eigenvalue weighted by Crippen LogP contribution is 2.35. The monoisotopic (exact) mass is 263 g/mol. The summed E-state index contributed by atoms with van der Waals surface area (Å²) < 4.78 is 0. The van der Waals surface area contributed by atoms with Crippen LogP contribution in [0, 0.1) is 0 Å². The molecule has 0 heterocycles. The quantitative estimate of drug-likeness (QED) is 0.614. The van der Waals surface area contributed by atoms with Crippen LogP contribution < -0.4 is 16.0 Å². The minimum absolute atomic E-state index is 0.188. The van der Waals surface area contributed by atoms with E-state index in [4.69, 9.17) is 18.0 Å². The molecule has 1 aromatic carbocycles.